The van der Waals surface area contributed by atoms with Crippen molar-refractivity contribution < 1.29 is 14.3 Å². The highest BCUT2D eigenvalue weighted by Crippen LogP contribution is 2.24. The van der Waals surface area contributed by atoms with Crippen LogP contribution in [0.3, 0.4) is 0 Å². The van der Waals surface area contributed by atoms with Crippen LogP contribution in [0.2, 0.25) is 0 Å². The first-order valence-electron chi connectivity index (χ1n) is 6.12. The van der Waals surface area contributed by atoms with Gasteiger partial charge >= 0.3 is 0 Å². The first-order chi connectivity index (χ1) is 9.67. The van der Waals surface area contributed by atoms with Crippen LogP contribution in [0.4, 0.5) is 0 Å². The summed E-state index contributed by atoms with van der Waals surface area (Å²) in [5.41, 5.74) is 2.54. The van der Waals surface area contributed by atoms with Gasteiger partial charge in [-0.25, -0.2) is 0 Å². The highest BCUT2D eigenvalue weighted by Gasteiger charge is 2.09. The molecule has 4 nitrogen and oxygen atoms in total. The molecular weight excluding hydrogens is 274 g/mol. The summed E-state index contributed by atoms with van der Waals surface area (Å²) in [6.45, 7) is 0.535. The third-order valence-corrected chi connectivity index (χ3v) is 3.43. The van der Waals surface area contributed by atoms with Gasteiger partial charge in [0.2, 0.25) is 0 Å². The van der Waals surface area contributed by atoms with E-state index in [1.165, 1.54) is 0 Å². The monoisotopic (exact) mass is 287 g/mol. The Hall–Kier alpha value is -2.27. The topological polar surface area (TPSA) is 47.5 Å². The molecule has 0 saturated heterocycles. The minimum atomic E-state index is 0.236. The van der Waals surface area contributed by atoms with E-state index in [-0.39, 0.29) is 5.75 Å². The number of phenolic OH excluding ortho intramolecular Hbond substituents is 1. The molecular formula is C15H13NO3S. The fourth-order valence-corrected chi connectivity index (χ4v) is 2.41. The van der Waals surface area contributed by atoms with Crippen LogP contribution < -0.4 is 4.74 Å². The highest BCUT2D eigenvalue weighted by molar-refractivity contribution is 7.71. The maximum atomic E-state index is 9.53. The molecule has 0 saturated carbocycles. The maximum absolute atomic E-state index is 9.53. The predicted octanol–water partition coefficient (Wildman–Crippen LogP) is 3.73. The van der Waals surface area contributed by atoms with Crippen molar-refractivity contribution >= 4 is 23.3 Å². The van der Waals surface area contributed by atoms with Crippen LogP contribution in [0, 0.1) is 4.84 Å². The van der Waals surface area contributed by atoms with Crippen LogP contribution in [0.1, 0.15) is 5.56 Å². The highest BCUT2D eigenvalue weighted by atomic mass is 32.1. The van der Waals surface area contributed by atoms with Gasteiger partial charge in [0, 0.05) is 6.07 Å². The molecule has 3 rings (SSSR count). The standard InChI is InChI=1S/C15H13NO3S/c1-18-12-5-6-14-13(8-12)16(15(20)19-14)9-10-3-2-4-11(17)7-10/h2-8,17H,9H2,1H3. The van der Waals surface area contributed by atoms with Crippen molar-refractivity contribution in [1.29, 1.82) is 0 Å². The smallest absolute Gasteiger partial charge is 0.269 e. The van der Waals surface area contributed by atoms with Gasteiger partial charge in [0.25, 0.3) is 4.84 Å². The summed E-state index contributed by atoms with van der Waals surface area (Å²) in [6, 6.07) is 12.6. The van der Waals surface area contributed by atoms with Crippen molar-refractivity contribution in [2.45, 2.75) is 6.54 Å². The van der Waals surface area contributed by atoms with Crippen LogP contribution in [0.5, 0.6) is 11.5 Å². The minimum absolute atomic E-state index is 0.236. The van der Waals surface area contributed by atoms with Crippen LogP contribution in [0.25, 0.3) is 11.1 Å². The minimum Gasteiger partial charge on any atom is -0.508 e. The first-order valence-corrected chi connectivity index (χ1v) is 6.53. The second-order valence-corrected chi connectivity index (χ2v) is 4.81. The van der Waals surface area contributed by atoms with Crippen molar-refractivity contribution in [2.24, 2.45) is 0 Å². The molecule has 0 fully saturated rings. The summed E-state index contributed by atoms with van der Waals surface area (Å²) in [7, 11) is 1.62. The second-order valence-electron chi connectivity index (χ2n) is 4.46. The lowest BCUT2D eigenvalue weighted by Crippen LogP contribution is -1.99. The fraction of sp³-hybridized carbons (Fsp3) is 0.133. The number of hydrogen-bond donors (Lipinski definition) is 1. The van der Waals surface area contributed by atoms with Crippen molar-refractivity contribution in [3.63, 3.8) is 0 Å². The molecule has 102 valence electrons. The van der Waals surface area contributed by atoms with E-state index in [0.29, 0.717) is 11.4 Å². The number of hydrogen-bond acceptors (Lipinski definition) is 4. The number of rotatable bonds is 3. The lowest BCUT2D eigenvalue weighted by Gasteiger charge is -2.05. The number of nitrogens with zero attached hydrogens (tertiary/aromatic N) is 1. The zero-order valence-electron chi connectivity index (χ0n) is 10.9. The molecule has 0 radical (unpaired) electrons. The summed E-state index contributed by atoms with van der Waals surface area (Å²) < 4.78 is 12.7. The first kappa shape index (κ1) is 12.7. The van der Waals surface area contributed by atoms with Crippen molar-refractivity contribution in [3.8, 4) is 11.5 Å². The summed E-state index contributed by atoms with van der Waals surface area (Å²) >= 11 is 5.26. The Bertz CT molecular complexity index is 819. The quantitative estimate of drug-likeness (QED) is 0.746. The molecule has 5 heteroatoms. The van der Waals surface area contributed by atoms with E-state index in [9.17, 15) is 5.11 Å². The fourth-order valence-electron chi connectivity index (χ4n) is 2.16. The van der Waals surface area contributed by atoms with Gasteiger partial charge in [-0.15, -0.1) is 0 Å². The molecule has 0 aliphatic heterocycles. The second kappa shape index (κ2) is 5.02. The van der Waals surface area contributed by atoms with Crippen LogP contribution in [-0.4, -0.2) is 16.8 Å². The van der Waals surface area contributed by atoms with E-state index in [0.717, 1.165) is 22.4 Å². The SMILES string of the molecule is COc1ccc2oc(=S)n(Cc3cccc(O)c3)c2c1. The van der Waals surface area contributed by atoms with E-state index in [1.807, 2.05) is 28.8 Å². The molecule has 1 heterocycles. The Morgan fingerprint density at radius 1 is 1.25 bits per heavy atom. The Morgan fingerprint density at radius 2 is 2.10 bits per heavy atom. The van der Waals surface area contributed by atoms with Gasteiger partial charge in [0.05, 0.1) is 19.2 Å². The molecule has 2 aromatic carbocycles. The number of benzene rings is 2. The van der Waals surface area contributed by atoms with Gasteiger partial charge in [0.1, 0.15) is 11.5 Å². The van der Waals surface area contributed by atoms with Gasteiger partial charge in [-0.05, 0) is 42.0 Å². The third-order valence-electron chi connectivity index (χ3n) is 3.13. The third kappa shape index (κ3) is 2.28. The normalized spacial score (nSPS) is 10.8. The molecule has 1 N–H and O–H groups in total. The number of ether oxygens (including phenoxy) is 1. The van der Waals surface area contributed by atoms with Gasteiger partial charge in [-0.3, -0.25) is 4.57 Å². The average molecular weight is 287 g/mol. The Kier molecular flexibility index (Phi) is 3.20. The zero-order chi connectivity index (χ0) is 14.1. The van der Waals surface area contributed by atoms with E-state index in [1.54, 1.807) is 25.3 Å². The lowest BCUT2D eigenvalue weighted by molar-refractivity contribution is 0.415. The summed E-state index contributed by atoms with van der Waals surface area (Å²) in [5, 5.41) is 9.53. The van der Waals surface area contributed by atoms with E-state index in [4.69, 9.17) is 21.4 Å². The van der Waals surface area contributed by atoms with Crippen LogP contribution >= 0.6 is 12.2 Å². The van der Waals surface area contributed by atoms with Crippen molar-refractivity contribution in [2.75, 3.05) is 7.11 Å². The molecule has 0 unspecified atom stereocenters. The Labute approximate surface area is 120 Å². The van der Waals surface area contributed by atoms with Gasteiger partial charge < -0.3 is 14.3 Å². The molecule has 0 atom stereocenters. The number of methoxy groups -OCH3 is 1. The van der Waals surface area contributed by atoms with Gasteiger partial charge in [-0.1, -0.05) is 12.1 Å². The molecule has 0 aliphatic rings. The van der Waals surface area contributed by atoms with Crippen molar-refractivity contribution in [3.05, 3.63) is 52.9 Å². The Balaban J connectivity index is 2.10. The van der Waals surface area contributed by atoms with Gasteiger partial charge in [0.15, 0.2) is 5.58 Å². The number of phenols is 1. The molecule has 0 amide bonds. The van der Waals surface area contributed by atoms with Crippen LogP contribution in [-0.2, 0) is 6.54 Å². The molecule has 0 aliphatic carbocycles. The number of aromatic nitrogens is 1. The largest absolute Gasteiger partial charge is 0.508 e. The number of fused-ring (bicyclic) bond motifs is 1. The Morgan fingerprint density at radius 3 is 2.85 bits per heavy atom. The number of aromatic hydroxyl groups is 1. The molecule has 3 aromatic rings. The lowest BCUT2D eigenvalue weighted by atomic mass is 10.2. The predicted molar refractivity (Wildman–Crippen MR) is 78.8 cm³/mol. The molecule has 0 bridgehead atoms. The van der Waals surface area contributed by atoms with E-state index < -0.39 is 0 Å². The summed E-state index contributed by atoms with van der Waals surface area (Å²) in [6.07, 6.45) is 0. The van der Waals surface area contributed by atoms with E-state index >= 15 is 0 Å². The molecule has 20 heavy (non-hydrogen) atoms. The van der Waals surface area contributed by atoms with E-state index in [2.05, 4.69) is 0 Å². The van der Waals surface area contributed by atoms with Crippen LogP contribution in [0.15, 0.2) is 46.9 Å². The summed E-state index contributed by atoms with van der Waals surface area (Å²) in [5.74, 6) is 0.984. The molecule has 1 aromatic heterocycles. The van der Waals surface area contributed by atoms with Crippen molar-refractivity contribution in [1.82, 2.24) is 4.57 Å². The number of oxazole rings is 1. The zero-order valence-corrected chi connectivity index (χ0v) is 11.7. The molecule has 0 spiro atoms. The maximum Gasteiger partial charge on any atom is 0.269 e. The summed E-state index contributed by atoms with van der Waals surface area (Å²) in [4.78, 5) is 0.400. The average Bonchev–Trinajstić information content (AvgIpc) is 2.74. The van der Waals surface area contributed by atoms with Gasteiger partial charge in [-0.2, -0.15) is 0 Å².